The third-order valence-electron chi connectivity index (χ3n) is 10.5. The lowest BCUT2D eigenvalue weighted by Crippen LogP contribution is -2.07. The molecule has 0 N–H and O–H groups in total. The van der Waals surface area contributed by atoms with Crippen molar-refractivity contribution in [1.29, 1.82) is 0 Å². The van der Waals surface area contributed by atoms with Crippen LogP contribution in [-0.2, 0) is 0 Å². The van der Waals surface area contributed by atoms with E-state index in [1.54, 1.807) is 0 Å². The third-order valence-corrected chi connectivity index (χ3v) is 10.5. The summed E-state index contributed by atoms with van der Waals surface area (Å²) in [6.07, 6.45) is 0. The molecule has 8 aromatic carbocycles. The number of fused-ring (bicyclic) bond motifs is 7. The average molecular weight is 721 g/mol. The van der Waals surface area contributed by atoms with E-state index in [2.05, 4.69) is 51.6 Å². The summed E-state index contributed by atoms with van der Waals surface area (Å²) in [7, 11) is 0. The molecule has 11 rings (SSSR count). The van der Waals surface area contributed by atoms with Crippen molar-refractivity contribution in [2.45, 2.75) is 0 Å². The fraction of sp³-hybridized carbons (Fsp3) is 0. The highest BCUT2D eigenvalue weighted by Crippen LogP contribution is 2.44. The third kappa shape index (κ3) is 5.13. The zero-order valence-electron chi connectivity index (χ0n) is 34.9. The number of aromatic nitrogens is 5. The van der Waals surface area contributed by atoms with Crippen LogP contribution in [0.25, 0.3) is 100 Å². The largest absolute Gasteiger partial charge is 0.307 e. The van der Waals surface area contributed by atoms with Gasteiger partial charge in [0, 0.05) is 38.2 Å². The zero-order valence-corrected chi connectivity index (χ0v) is 29.9. The van der Waals surface area contributed by atoms with Gasteiger partial charge in [-0.1, -0.05) is 182 Å². The molecule has 0 aliphatic rings. The molecule has 0 amide bonds. The maximum Gasteiger partial charge on any atom is 0.238 e. The van der Waals surface area contributed by atoms with E-state index in [-0.39, 0.29) is 17.6 Å². The SMILES string of the molecule is [2H]c1c([2H])c([2H])c(-c2ccc(-c3ccccc3)cc2-n2c3ccccc3c3ccc4c5ccccc5n(-c5nc(-c6ccccc6)nc(-c6ccccc6)n5)c4c32)c([2H])c1[2H]. The summed E-state index contributed by atoms with van der Waals surface area (Å²) in [5.74, 6) is 1.50. The molecule has 0 unspecified atom stereocenters. The number of para-hydroxylation sites is 2. The van der Waals surface area contributed by atoms with Crippen LogP contribution >= 0.6 is 0 Å². The van der Waals surface area contributed by atoms with E-state index in [9.17, 15) is 0 Å². The smallest absolute Gasteiger partial charge is 0.238 e. The van der Waals surface area contributed by atoms with Crippen molar-refractivity contribution in [2.24, 2.45) is 0 Å². The van der Waals surface area contributed by atoms with Gasteiger partial charge in [0.1, 0.15) is 0 Å². The van der Waals surface area contributed by atoms with Crippen LogP contribution in [0.15, 0.2) is 200 Å². The Labute approximate surface area is 330 Å². The average Bonchev–Trinajstić information content (AvgIpc) is 3.84. The lowest BCUT2D eigenvalue weighted by molar-refractivity contribution is 0.953. The van der Waals surface area contributed by atoms with E-state index in [1.807, 2.05) is 127 Å². The maximum atomic E-state index is 9.16. The molecule has 0 fully saturated rings. The molecule has 0 bridgehead atoms. The Morgan fingerprint density at radius 2 is 0.875 bits per heavy atom. The second-order valence-electron chi connectivity index (χ2n) is 13.7. The first-order valence-electron chi connectivity index (χ1n) is 21.0. The molecule has 0 saturated heterocycles. The molecule has 0 aliphatic carbocycles. The molecule has 0 aliphatic heterocycles. The molecular formula is C51H33N5. The van der Waals surface area contributed by atoms with Gasteiger partial charge in [0.2, 0.25) is 5.95 Å². The summed E-state index contributed by atoms with van der Waals surface area (Å²) in [4.78, 5) is 15.5. The Morgan fingerprint density at radius 3 is 1.46 bits per heavy atom. The van der Waals surface area contributed by atoms with E-state index in [0.29, 0.717) is 28.8 Å². The van der Waals surface area contributed by atoms with Gasteiger partial charge in [-0.25, -0.2) is 4.98 Å². The van der Waals surface area contributed by atoms with E-state index in [4.69, 9.17) is 21.8 Å². The summed E-state index contributed by atoms with van der Waals surface area (Å²) in [5, 5.41) is 3.92. The van der Waals surface area contributed by atoms with Gasteiger partial charge in [0.15, 0.2) is 11.6 Å². The Morgan fingerprint density at radius 1 is 0.375 bits per heavy atom. The van der Waals surface area contributed by atoms with Crippen LogP contribution in [0.4, 0.5) is 0 Å². The number of benzene rings is 8. The molecule has 5 nitrogen and oxygen atoms in total. The van der Waals surface area contributed by atoms with Crippen LogP contribution in [0.5, 0.6) is 0 Å². The normalized spacial score (nSPS) is 12.8. The fourth-order valence-electron chi connectivity index (χ4n) is 7.98. The molecule has 5 heteroatoms. The fourth-order valence-corrected chi connectivity index (χ4v) is 7.98. The highest BCUT2D eigenvalue weighted by molar-refractivity contribution is 6.24. The molecule has 56 heavy (non-hydrogen) atoms. The maximum absolute atomic E-state index is 9.16. The first-order chi connectivity index (χ1) is 29.9. The Bertz CT molecular complexity index is 3440. The van der Waals surface area contributed by atoms with Crippen LogP contribution in [-0.4, -0.2) is 24.1 Å². The minimum absolute atomic E-state index is 0.122. The van der Waals surface area contributed by atoms with Crippen LogP contribution in [0.1, 0.15) is 6.85 Å². The van der Waals surface area contributed by atoms with Crippen molar-refractivity contribution < 1.29 is 6.85 Å². The monoisotopic (exact) mass is 720 g/mol. The molecule has 3 aromatic heterocycles. The molecule has 0 spiro atoms. The summed E-state index contributed by atoms with van der Waals surface area (Å²) < 4.78 is 48.4. The van der Waals surface area contributed by atoms with Crippen LogP contribution in [0, 0.1) is 0 Å². The van der Waals surface area contributed by atoms with Gasteiger partial charge in [-0.2, -0.15) is 9.97 Å². The van der Waals surface area contributed by atoms with Crippen LogP contribution < -0.4 is 0 Å². The lowest BCUT2D eigenvalue weighted by Gasteiger charge is -2.17. The Hall–Kier alpha value is -7.63. The van der Waals surface area contributed by atoms with Gasteiger partial charge >= 0.3 is 0 Å². The van der Waals surface area contributed by atoms with Crippen molar-refractivity contribution >= 4 is 43.6 Å². The van der Waals surface area contributed by atoms with E-state index < -0.39 is 18.1 Å². The van der Waals surface area contributed by atoms with Gasteiger partial charge < -0.3 is 4.57 Å². The quantitative estimate of drug-likeness (QED) is 0.172. The molecule has 11 aromatic rings. The number of hydrogen-bond donors (Lipinski definition) is 0. The molecular weight excluding hydrogens is 683 g/mol. The van der Waals surface area contributed by atoms with E-state index >= 15 is 0 Å². The molecule has 0 atom stereocenters. The van der Waals surface area contributed by atoms with Gasteiger partial charge in [0.05, 0.1) is 34.6 Å². The summed E-state index contributed by atoms with van der Waals surface area (Å²) in [5.41, 5.74) is 8.32. The predicted octanol–water partition coefficient (Wildman–Crippen LogP) is 12.7. The molecule has 3 heterocycles. The Kier molecular flexibility index (Phi) is 6.29. The van der Waals surface area contributed by atoms with Gasteiger partial charge in [-0.3, -0.25) is 4.57 Å². The van der Waals surface area contributed by atoms with Crippen molar-refractivity contribution in [3.8, 4) is 56.7 Å². The van der Waals surface area contributed by atoms with Gasteiger partial charge in [0.25, 0.3) is 0 Å². The first kappa shape index (κ1) is 27.0. The van der Waals surface area contributed by atoms with Crippen LogP contribution in [0.2, 0.25) is 0 Å². The lowest BCUT2D eigenvalue weighted by atomic mass is 9.98. The first-order valence-corrected chi connectivity index (χ1v) is 18.5. The highest BCUT2D eigenvalue weighted by atomic mass is 15.2. The summed E-state index contributed by atoms with van der Waals surface area (Å²) >= 11 is 0. The van der Waals surface area contributed by atoms with E-state index in [0.717, 1.165) is 65.9 Å². The minimum Gasteiger partial charge on any atom is -0.307 e. The molecule has 0 radical (unpaired) electrons. The van der Waals surface area contributed by atoms with Crippen molar-refractivity contribution in [3.05, 3.63) is 200 Å². The number of hydrogen-bond acceptors (Lipinski definition) is 3. The standard InChI is InChI=1S/C51H33N5/c1-5-17-34(18-6-1)38-29-30-39(35-19-7-2-8-20-35)46(33-38)55-44-27-15-13-25-40(44)42-31-32-43-41-26-14-16-28-45(41)56(48(43)47(42)55)51-53-49(36-21-9-3-10-22-36)52-50(54-51)37-23-11-4-12-24-37/h1-33H/i2D,7D,8D,19D,20D. The number of rotatable bonds is 6. The summed E-state index contributed by atoms with van der Waals surface area (Å²) in [6.45, 7) is 0. The highest BCUT2D eigenvalue weighted by Gasteiger charge is 2.24. The van der Waals surface area contributed by atoms with Crippen molar-refractivity contribution in [3.63, 3.8) is 0 Å². The second kappa shape index (κ2) is 13.0. The van der Waals surface area contributed by atoms with Gasteiger partial charge in [-0.05, 0) is 34.9 Å². The van der Waals surface area contributed by atoms with Crippen molar-refractivity contribution in [1.82, 2.24) is 24.1 Å². The topological polar surface area (TPSA) is 48.5 Å². The van der Waals surface area contributed by atoms with Gasteiger partial charge in [-0.15, -0.1) is 0 Å². The Balaban J connectivity index is 1.33. The van der Waals surface area contributed by atoms with Crippen molar-refractivity contribution in [2.75, 3.05) is 0 Å². The molecule has 0 saturated carbocycles. The second-order valence-corrected chi connectivity index (χ2v) is 13.7. The zero-order chi connectivity index (χ0) is 41.4. The molecule has 262 valence electrons. The van der Waals surface area contributed by atoms with Crippen LogP contribution in [0.3, 0.4) is 0 Å². The number of nitrogens with zero attached hydrogens (tertiary/aromatic N) is 5. The summed E-state index contributed by atoms with van der Waals surface area (Å²) in [6, 6.07) is 54.7. The van der Waals surface area contributed by atoms with E-state index in [1.165, 1.54) is 0 Å². The predicted molar refractivity (Wildman–Crippen MR) is 230 cm³/mol. The minimum atomic E-state index is -0.439.